The van der Waals surface area contributed by atoms with Crippen LogP contribution in [0.3, 0.4) is 0 Å². The van der Waals surface area contributed by atoms with E-state index in [9.17, 15) is 5.11 Å². The van der Waals surface area contributed by atoms with E-state index >= 15 is 0 Å². The molecule has 10 heavy (non-hydrogen) atoms. The number of hydrogen-bond donors (Lipinski definition) is 1. The maximum atomic E-state index is 9.74. The first-order chi connectivity index (χ1) is 4.62. The molecule has 0 aliphatic carbocycles. The third-order valence-corrected chi connectivity index (χ3v) is 1.87. The molecule has 60 valence electrons. The Labute approximate surface area is 62.2 Å². The third-order valence-electron chi connectivity index (χ3n) is 1.87. The molecule has 0 aromatic rings. The van der Waals surface area contributed by atoms with E-state index in [2.05, 4.69) is 13.8 Å². The fourth-order valence-corrected chi connectivity index (χ4v) is 1.52. The Morgan fingerprint density at radius 2 is 2.30 bits per heavy atom. The summed E-state index contributed by atoms with van der Waals surface area (Å²) in [5.74, 6) is 0.562. The molecule has 0 amide bonds. The van der Waals surface area contributed by atoms with Crippen LogP contribution in [-0.2, 0) is 4.74 Å². The van der Waals surface area contributed by atoms with Crippen molar-refractivity contribution >= 4 is 0 Å². The summed E-state index contributed by atoms with van der Waals surface area (Å²) in [5.41, 5.74) is -0.506. The highest BCUT2D eigenvalue weighted by Crippen LogP contribution is 2.25. The Hall–Kier alpha value is -0.0800. The predicted octanol–water partition coefficient (Wildman–Crippen LogP) is 1.18. The highest BCUT2D eigenvalue weighted by molar-refractivity contribution is 4.83. The molecule has 2 heteroatoms. The lowest BCUT2D eigenvalue weighted by Gasteiger charge is -2.21. The Balaban J connectivity index is 2.36. The van der Waals surface area contributed by atoms with Gasteiger partial charge in [-0.1, -0.05) is 13.8 Å². The molecule has 1 unspecified atom stereocenters. The second kappa shape index (κ2) is 2.89. The van der Waals surface area contributed by atoms with E-state index in [-0.39, 0.29) is 0 Å². The minimum atomic E-state index is -0.506. The van der Waals surface area contributed by atoms with Crippen LogP contribution in [0.25, 0.3) is 0 Å². The van der Waals surface area contributed by atoms with Gasteiger partial charge in [-0.25, -0.2) is 0 Å². The average molecular weight is 144 g/mol. The molecule has 1 aliphatic rings. The Morgan fingerprint density at radius 1 is 1.60 bits per heavy atom. The van der Waals surface area contributed by atoms with Crippen LogP contribution in [0.1, 0.15) is 26.7 Å². The normalized spacial score (nSPS) is 33.6. The second-order valence-electron chi connectivity index (χ2n) is 3.62. The molecule has 0 saturated carbocycles. The van der Waals surface area contributed by atoms with Gasteiger partial charge in [0.25, 0.3) is 0 Å². The molecule has 0 bridgehead atoms. The molecular formula is C8H16O2. The van der Waals surface area contributed by atoms with Gasteiger partial charge >= 0.3 is 0 Å². The van der Waals surface area contributed by atoms with E-state index in [1.165, 1.54) is 0 Å². The summed E-state index contributed by atoms with van der Waals surface area (Å²) in [6.45, 7) is 5.50. The Morgan fingerprint density at radius 3 is 2.70 bits per heavy atom. The van der Waals surface area contributed by atoms with Crippen LogP contribution in [0, 0.1) is 5.92 Å². The van der Waals surface area contributed by atoms with Gasteiger partial charge in [-0.3, -0.25) is 0 Å². The number of hydrogen-bond acceptors (Lipinski definition) is 2. The lowest BCUT2D eigenvalue weighted by atomic mass is 9.92. The van der Waals surface area contributed by atoms with Crippen molar-refractivity contribution in [2.24, 2.45) is 5.92 Å². The molecular weight excluding hydrogens is 128 g/mol. The molecule has 1 atom stereocenters. The van der Waals surface area contributed by atoms with Crippen LogP contribution < -0.4 is 0 Å². The summed E-state index contributed by atoms with van der Waals surface area (Å²) in [6.07, 6.45) is 1.68. The van der Waals surface area contributed by atoms with Crippen LogP contribution in [0.4, 0.5) is 0 Å². The van der Waals surface area contributed by atoms with Crippen LogP contribution >= 0.6 is 0 Å². The Kier molecular flexibility index (Phi) is 2.32. The minimum Gasteiger partial charge on any atom is -0.387 e. The van der Waals surface area contributed by atoms with Crippen molar-refractivity contribution in [3.63, 3.8) is 0 Å². The van der Waals surface area contributed by atoms with Gasteiger partial charge in [0.15, 0.2) is 0 Å². The smallest absolute Gasteiger partial charge is 0.0904 e. The van der Waals surface area contributed by atoms with Crippen molar-refractivity contribution in [1.29, 1.82) is 0 Å². The highest BCUT2D eigenvalue weighted by atomic mass is 16.5. The van der Waals surface area contributed by atoms with Crippen molar-refractivity contribution in [2.45, 2.75) is 32.3 Å². The minimum absolute atomic E-state index is 0.506. The van der Waals surface area contributed by atoms with E-state index in [0.29, 0.717) is 12.5 Å². The molecule has 1 saturated heterocycles. The van der Waals surface area contributed by atoms with E-state index in [4.69, 9.17) is 4.74 Å². The zero-order chi connectivity index (χ0) is 7.61. The van der Waals surface area contributed by atoms with Crippen molar-refractivity contribution < 1.29 is 9.84 Å². The molecule has 1 aliphatic heterocycles. The van der Waals surface area contributed by atoms with Crippen LogP contribution in [-0.4, -0.2) is 23.9 Å². The topological polar surface area (TPSA) is 29.5 Å². The largest absolute Gasteiger partial charge is 0.387 e. The zero-order valence-corrected chi connectivity index (χ0v) is 6.76. The quantitative estimate of drug-likeness (QED) is 0.630. The molecule has 0 radical (unpaired) electrons. The lowest BCUT2D eigenvalue weighted by molar-refractivity contribution is 0.00927. The SMILES string of the molecule is CC(C)CC1(O)CCOC1. The molecule has 1 rings (SSSR count). The summed E-state index contributed by atoms with van der Waals surface area (Å²) in [7, 11) is 0. The van der Waals surface area contributed by atoms with Crippen LogP contribution in [0.5, 0.6) is 0 Å². The van der Waals surface area contributed by atoms with Gasteiger partial charge < -0.3 is 9.84 Å². The van der Waals surface area contributed by atoms with E-state index in [1.807, 2.05) is 0 Å². The van der Waals surface area contributed by atoms with Gasteiger partial charge in [0, 0.05) is 13.0 Å². The van der Waals surface area contributed by atoms with Gasteiger partial charge in [-0.15, -0.1) is 0 Å². The molecule has 0 aromatic heterocycles. The van der Waals surface area contributed by atoms with E-state index < -0.39 is 5.60 Å². The molecule has 1 heterocycles. The van der Waals surface area contributed by atoms with Crippen molar-refractivity contribution in [2.75, 3.05) is 13.2 Å². The standard InChI is InChI=1S/C8H16O2/c1-7(2)5-8(9)3-4-10-6-8/h7,9H,3-6H2,1-2H3. The van der Waals surface area contributed by atoms with E-state index in [0.717, 1.165) is 19.4 Å². The van der Waals surface area contributed by atoms with E-state index in [1.54, 1.807) is 0 Å². The van der Waals surface area contributed by atoms with Gasteiger partial charge in [0.05, 0.1) is 12.2 Å². The summed E-state index contributed by atoms with van der Waals surface area (Å²) in [5, 5.41) is 9.74. The zero-order valence-electron chi connectivity index (χ0n) is 6.76. The molecule has 1 N–H and O–H groups in total. The number of aliphatic hydroxyl groups is 1. The second-order valence-corrected chi connectivity index (χ2v) is 3.62. The van der Waals surface area contributed by atoms with Gasteiger partial charge in [-0.2, -0.15) is 0 Å². The highest BCUT2D eigenvalue weighted by Gasteiger charge is 2.32. The van der Waals surface area contributed by atoms with Gasteiger partial charge in [-0.05, 0) is 12.3 Å². The molecule has 0 spiro atoms. The summed E-state index contributed by atoms with van der Waals surface area (Å²) < 4.78 is 5.11. The molecule has 2 nitrogen and oxygen atoms in total. The van der Waals surface area contributed by atoms with Crippen LogP contribution in [0.15, 0.2) is 0 Å². The van der Waals surface area contributed by atoms with Gasteiger partial charge in [0.1, 0.15) is 0 Å². The first kappa shape index (κ1) is 8.02. The monoisotopic (exact) mass is 144 g/mol. The third kappa shape index (κ3) is 1.96. The average Bonchev–Trinajstić information content (AvgIpc) is 2.12. The Bertz CT molecular complexity index is 104. The number of ether oxygens (including phenoxy) is 1. The molecule has 0 aromatic carbocycles. The maximum absolute atomic E-state index is 9.74. The first-order valence-corrected chi connectivity index (χ1v) is 3.92. The summed E-state index contributed by atoms with van der Waals surface area (Å²) in [6, 6.07) is 0. The number of rotatable bonds is 2. The van der Waals surface area contributed by atoms with Crippen molar-refractivity contribution in [3.8, 4) is 0 Å². The summed E-state index contributed by atoms with van der Waals surface area (Å²) in [4.78, 5) is 0. The van der Waals surface area contributed by atoms with Crippen LogP contribution in [0.2, 0.25) is 0 Å². The molecule has 1 fully saturated rings. The fourth-order valence-electron chi connectivity index (χ4n) is 1.52. The maximum Gasteiger partial charge on any atom is 0.0904 e. The first-order valence-electron chi connectivity index (χ1n) is 3.92. The fraction of sp³-hybridized carbons (Fsp3) is 1.00. The predicted molar refractivity (Wildman–Crippen MR) is 39.8 cm³/mol. The van der Waals surface area contributed by atoms with Gasteiger partial charge in [0.2, 0.25) is 0 Å². The van der Waals surface area contributed by atoms with Crippen molar-refractivity contribution in [3.05, 3.63) is 0 Å². The van der Waals surface area contributed by atoms with Crippen molar-refractivity contribution in [1.82, 2.24) is 0 Å². The summed E-state index contributed by atoms with van der Waals surface area (Å²) >= 11 is 0. The lowest BCUT2D eigenvalue weighted by Crippen LogP contribution is -2.30.